The minimum absolute atomic E-state index is 0.164. The summed E-state index contributed by atoms with van der Waals surface area (Å²) < 4.78 is 0. The first-order valence-corrected chi connectivity index (χ1v) is 10.3. The first-order valence-electron chi connectivity index (χ1n) is 10.3. The molecule has 2 aromatic rings. The van der Waals surface area contributed by atoms with Crippen molar-refractivity contribution in [1.29, 1.82) is 0 Å². The lowest BCUT2D eigenvalue weighted by Gasteiger charge is -2.37. The number of carbonyl (C=O) groups is 1. The third-order valence-electron chi connectivity index (χ3n) is 5.46. The second-order valence-corrected chi connectivity index (χ2v) is 7.87. The molecular formula is C22H32N6O. The van der Waals surface area contributed by atoms with Crippen molar-refractivity contribution in [3.8, 4) is 0 Å². The average Bonchev–Trinajstić information content (AvgIpc) is 2.73. The van der Waals surface area contributed by atoms with Crippen LogP contribution in [-0.2, 0) is 0 Å². The van der Waals surface area contributed by atoms with Crippen LogP contribution in [0.25, 0.3) is 0 Å². The molecule has 0 radical (unpaired) electrons. The molecule has 0 atom stereocenters. The van der Waals surface area contributed by atoms with Gasteiger partial charge in [0.2, 0.25) is 0 Å². The molecular weight excluding hydrogens is 364 g/mol. The zero-order valence-corrected chi connectivity index (χ0v) is 18.0. The summed E-state index contributed by atoms with van der Waals surface area (Å²) in [6.45, 7) is 9.59. The van der Waals surface area contributed by atoms with Gasteiger partial charge in [-0.15, -0.1) is 0 Å². The van der Waals surface area contributed by atoms with E-state index in [4.69, 9.17) is 0 Å². The number of piperazine rings is 1. The molecule has 0 aliphatic carbocycles. The summed E-state index contributed by atoms with van der Waals surface area (Å²) in [7, 11) is 4.04. The Balaban J connectivity index is 1.52. The van der Waals surface area contributed by atoms with Crippen LogP contribution in [0.1, 0.15) is 28.0 Å². The van der Waals surface area contributed by atoms with Crippen molar-refractivity contribution >= 4 is 17.4 Å². The fourth-order valence-electron chi connectivity index (χ4n) is 3.54. The smallest absolute Gasteiger partial charge is 0.271 e. The molecule has 1 aromatic carbocycles. The highest BCUT2D eigenvalue weighted by Crippen LogP contribution is 2.24. The lowest BCUT2D eigenvalue weighted by atomic mass is 10.1. The van der Waals surface area contributed by atoms with Crippen LogP contribution in [0.3, 0.4) is 0 Å². The standard InChI is InChI=1S/C22H32N6O/c1-17-7-5-8-20(18(17)2)27-11-13-28(14-12-27)21-16-24-19(15-25-21)22(29)23-9-6-10-26(3)4/h5,7-8,15-16H,6,9-14H2,1-4H3,(H,23,29). The highest BCUT2D eigenvalue weighted by Gasteiger charge is 2.20. The number of carbonyl (C=O) groups excluding carboxylic acids is 1. The van der Waals surface area contributed by atoms with Crippen molar-refractivity contribution < 1.29 is 4.79 Å². The minimum Gasteiger partial charge on any atom is -0.368 e. The highest BCUT2D eigenvalue weighted by molar-refractivity contribution is 5.91. The molecule has 1 aliphatic rings. The van der Waals surface area contributed by atoms with E-state index in [1.54, 1.807) is 12.4 Å². The Labute approximate surface area is 173 Å². The Kier molecular flexibility index (Phi) is 7.04. The molecule has 3 rings (SSSR count). The van der Waals surface area contributed by atoms with Crippen molar-refractivity contribution in [3.63, 3.8) is 0 Å². The van der Waals surface area contributed by atoms with Crippen LogP contribution >= 0.6 is 0 Å². The predicted molar refractivity (Wildman–Crippen MR) is 118 cm³/mol. The van der Waals surface area contributed by atoms with E-state index < -0.39 is 0 Å². The molecule has 7 nitrogen and oxygen atoms in total. The van der Waals surface area contributed by atoms with E-state index in [2.05, 4.69) is 62.0 Å². The number of aryl methyl sites for hydroxylation is 1. The average molecular weight is 397 g/mol. The molecule has 0 unspecified atom stereocenters. The van der Waals surface area contributed by atoms with Crippen molar-refractivity contribution in [1.82, 2.24) is 20.2 Å². The SMILES string of the molecule is Cc1cccc(N2CCN(c3cnc(C(=O)NCCCN(C)C)cn3)CC2)c1C. The topological polar surface area (TPSA) is 64.6 Å². The third kappa shape index (κ3) is 5.44. The molecule has 0 bridgehead atoms. The van der Waals surface area contributed by atoms with Gasteiger partial charge in [0.15, 0.2) is 0 Å². The number of nitrogens with one attached hydrogen (secondary N) is 1. The maximum Gasteiger partial charge on any atom is 0.271 e. The fraction of sp³-hybridized carbons (Fsp3) is 0.500. The Morgan fingerprint density at radius 2 is 1.79 bits per heavy atom. The molecule has 29 heavy (non-hydrogen) atoms. The van der Waals surface area contributed by atoms with E-state index in [0.29, 0.717) is 12.2 Å². The van der Waals surface area contributed by atoms with Crippen LogP contribution in [0.5, 0.6) is 0 Å². The first kappa shape index (κ1) is 21.0. The number of nitrogens with zero attached hydrogens (tertiary/aromatic N) is 5. The zero-order chi connectivity index (χ0) is 20.8. The van der Waals surface area contributed by atoms with Gasteiger partial charge < -0.3 is 20.0 Å². The highest BCUT2D eigenvalue weighted by atomic mass is 16.1. The van der Waals surface area contributed by atoms with Crippen LogP contribution in [-0.4, -0.2) is 74.1 Å². The van der Waals surface area contributed by atoms with Crippen molar-refractivity contribution in [2.45, 2.75) is 20.3 Å². The zero-order valence-electron chi connectivity index (χ0n) is 18.0. The number of hydrogen-bond donors (Lipinski definition) is 1. The van der Waals surface area contributed by atoms with Gasteiger partial charge >= 0.3 is 0 Å². The van der Waals surface area contributed by atoms with Crippen LogP contribution < -0.4 is 15.1 Å². The van der Waals surface area contributed by atoms with Crippen molar-refractivity contribution in [2.24, 2.45) is 0 Å². The minimum atomic E-state index is -0.164. The molecule has 1 N–H and O–H groups in total. The van der Waals surface area contributed by atoms with Gasteiger partial charge in [0.1, 0.15) is 11.5 Å². The van der Waals surface area contributed by atoms with Gasteiger partial charge in [-0.3, -0.25) is 4.79 Å². The fourth-order valence-corrected chi connectivity index (χ4v) is 3.54. The molecule has 0 spiro atoms. The quantitative estimate of drug-likeness (QED) is 0.723. The van der Waals surface area contributed by atoms with E-state index in [1.807, 2.05) is 14.1 Å². The largest absolute Gasteiger partial charge is 0.368 e. The van der Waals surface area contributed by atoms with E-state index >= 15 is 0 Å². The number of rotatable bonds is 7. The number of hydrogen-bond acceptors (Lipinski definition) is 6. The summed E-state index contributed by atoms with van der Waals surface area (Å²) >= 11 is 0. The van der Waals surface area contributed by atoms with E-state index in [-0.39, 0.29) is 5.91 Å². The molecule has 1 aliphatic heterocycles. The maximum absolute atomic E-state index is 12.2. The van der Waals surface area contributed by atoms with E-state index in [0.717, 1.165) is 45.0 Å². The summed E-state index contributed by atoms with van der Waals surface area (Å²) in [5.41, 5.74) is 4.36. The van der Waals surface area contributed by atoms with Crippen LogP contribution in [0, 0.1) is 13.8 Å². The third-order valence-corrected chi connectivity index (χ3v) is 5.46. The predicted octanol–water partition coefficient (Wildman–Crippen LogP) is 2.10. The van der Waals surface area contributed by atoms with Gasteiger partial charge in [-0.1, -0.05) is 12.1 Å². The molecule has 1 saturated heterocycles. The summed E-state index contributed by atoms with van der Waals surface area (Å²) in [6, 6.07) is 6.48. The number of anilines is 2. The van der Waals surface area contributed by atoms with Crippen LogP contribution in [0.4, 0.5) is 11.5 Å². The Morgan fingerprint density at radius 3 is 2.45 bits per heavy atom. The first-order chi connectivity index (χ1) is 14.0. The number of benzene rings is 1. The monoisotopic (exact) mass is 396 g/mol. The normalized spacial score (nSPS) is 14.4. The van der Waals surface area contributed by atoms with Crippen molar-refractivity contribution in [2.75, 3.05) is 63.2 Å². The Morgan fingerprint density at radius 1 is 1.07 bits per heavy atom. The van der Waals surface area contributed by atoms with Gasteiger partial charge in [-0.05, 0) is 58.1 Å². The Hall–Kier alpha value is -2.67. The molecule has 156 valence electrons. The van der Waals surface area contributed by atoms with Gasteiger partial charge in [0.25, 0.3) is 5.91 Å². The van der Waals surface area contributed by atoms with E-state index in [9.17, 15) is 4.79 Å². The molecule has 1 amide bonds. The van der Waals surface area contributed by atoms with Crippen molar-refractivity contribution in [3.05, 3.63) is 47.4 Å². The van der Waals surface area contributed by atoms with Crippen LogP contribution in [0.2, 0.25) is 0 Å². The van der Waals surface area contributed by atoms with Gasteiger partial charge in [0.05, 0.1) is 12.4 Å². The summed E-state index contributed by atoms with van der Waals surface area (Å²) in [5, 5.41) is 2.90. The molecule has 1 aromatic heterocycles. The number of amides is 1. The molecule has 7 heteroatoms. The van der Waals surface area contributed by atoms with Gasteiger partial charge in [0, 0.05) is 38.4 Å². The number of aromatic nitrogens is 2. The Bertz CT molecular complexity index is 813. The summed E-state index contributed by atoms with van der Waals surface area (Å²) in [6.07, 6.45) is 4.20. The second-order valence-electron chi connectivity index (χ2n) is 7.87. The molecule has 1 fully saturated rings. The second kappa shape index (κ2) is 9.69. The van der Waals surface area contributed by atoms with Crippen LogP contribution in [0.15, 0.2) is 30.6 Å². The molecule has 2 heterocycles. The maximum atomic E-state index is 12.2. The summed E-state index contributed by atoms with van der Waals surface area (Å²) in [4.78, 5) is 27.8. The van der Waals surface area contributed by atoms with E-state index in [1.165, 1.54) is 16.8 Å². The lowest BCUT2D eigenvalue weighted by Crippen LogP contribution is -2.47. The summed E-state index contributed by atoms with van der Waals surface area (Å²) in [5.74, 6) is 0.664. The molecule has 0 saturated carbocycles. The lowest BCUT2D eigenvalue weighted by molar-refractivity contribution is 0.0947. The van der Waals surface area contributed by atoms with Gasteiger partial charge in [-0.2, -0.15) is 0 Å². The van der Waals surface area contributed by atoms with Gasteiger partial charge in [-0.25, -0.2) is 9.97 Å².